The summed E-state index contributed by atoms with van der Waals surface area (Å²) in [6, 6.07) is 19.5. The van der Waals surface area contributed by atoms with E-state index in [1.54, 1.807) is 36.4 Å². The van der Waals surface area contributed by atoms with Gasteiger partial charge in [0.25, 0.3) is 0 Å². The van der Waals surface area contributed by atoms with E-state index in [2.05, 4.69) is 10.0 Å². The molecule has 1 unspecified atom stereocenters. The maximum atomic E-state index is 13.5. The fourth-order valence-corrected chi connectivity index (χ4v) is 5.00. The topological polar surface area (TPSA) is 102 Å². The Morgan fingerprint density at radius 1 is 0.943 bits per heavy atom. The number of amides is 1. The number of ether oxygens (including phenoxy) is 1. The van der Waals surface area contributed by atoms with Crippen molar-refractivity contribution in [2.45, 2.75) is 44.0 Å². The number of ketones is 1. The molecule has 2 N–H and O–H groups in total. The molecule has 0 saturated heterocycles. The van der Waals surface area contributed by atoms with Crippen LogP contribution in [0.1, 0.15) is 48.2 Å². The van der Waals surface area contributed by atoms with E-state index in [1.165, 1.54) is 14.0 Å². The molecule has 184 valence electrons. The molecule has 1 atom stereocenters. The van der Waals surface area contributed by atoms with E-state index in [4.69, 9.17) is 4.74 Å². The zero-order valence-electron chi connectivity index (χ0n) is 20.2. The summed E-state index contributed by atoms with van der Waals surface area (Å²) in [6.45, 7) is 5.37. The Morgan fingerprint density at radius 2 is 1.66 bits per heavy atom. The van der Waals surface area contributed by atoms with Crippen LogP contribution in [-0.4, -0.2) is 33.3 Å². The van der Waals surface area contributed by atoms with Crippen LogP contribution in [0.15, 0.2) is 77.7 Å². The number of nitrogens with one attached hydrogen (secondary N) is 2. The highest BCUT2D eigenvalue weighted by molar-refractivity contribution is 7.89. The van der Waals surface area contributed by atoms with Crippen molar-refractivity contribution in [1.29, 1.82) is 0 Å². The molecule has 3 aromatic rings. The molecule has 0 aliphatic heterocycles. The Labute approximate surface area is 206 Å². The summed E-state index contributed by atoms with van der Waals surface area (Å²) in [5, 5.41) is 2.74. The number of sulfonamides is 1. The van der Waals surface area contributed by atoms with E-state index in [0.29, 0.717) is 11.3 Å². The summed E-state index contributed by atoms with van der Waals surface area (Å²) in [7, 11) is -2.72. The zero-order valence-corrected chi connectivity index (χ0v) is 21.1. The van der Waals surface area contributed by atoms with Gasteiger partial charge < -0.3 is 10.1 Å². The van der Waals surface area contributed by atoms with Gasteiger partial charge in [-0.05, 0) is 54.7 Å². The average molecular weight is 495 g/mol. The normalized spacial score (nSPS) is 12.3. The molecule has 0 spiro atoms. The molecule has 0 heterocycles. The second kappa shape index (κ2) is 11.3. The first-order chi connectivity index (χ1) is 16.6. The molecule has 7 nitrogen and oxygen atoms in total. The molecule has 0 aromatic heterocycles. The van der Waals surface area contributed by atoms with Crippen molar-refractivity contribution >= 4 is 27.4 Å². The lowest BCUT2D eigenvalue weighted by Gasteiger charge is -2.20. The van der Waals surface area contributed by atoms with Crippen molar-refractivity contribution in [3.05, 3.63) is 89.5 Å². The van der Waals surface area contributed by atoms with Crippen molar-refractivity contribution in [3.8, 4) is 5.75 Å². The number of hydrogen-bond acceptors (Lipinski definition) is 5. The maximum absolute atomic E-state index is 13.5. The lowest BCUT2D eigenvalue weighted by atomic mass is 10.0. The van der Waals surface area contributed by atoms with Gasteiger partial charge in [0.15, 0.2) is 5.78 Å². The lowest BCUT2D eigenvalue weighted by molar-refractivity contribution is -0.117. The highest BCUT2D eigenvalue weighted by Crippen LogP contribution is 2.28. The Kier molecular flexibility index (Phi) is 8.43. The largest absolute Gasteiger partial charge is 0.495 e. The zero-order chi connectivity index (χ0) is 25.6. The molecule has 0 radical (unpaired) electrons. The van der Waals surface area contributed by atoms with Crippen LogP contribution in [0.3, 0.4) is 0 Å². The number of hydrogen-bond donors (Lipinski definition) is 2. The van der Waals surface area contributed by atoms with E-state index >= 15 is 0 Å². The first kappa shape index (κ1) is 26.1. The highest BCUT2D eigenvalue weighted by atomic mass is 32.2. The second-order valence-corrected chi connectivity index (χ2v) is 10.2. The van der Waals surface area contributed by atoms with Gasteiger partial charge in [-0.1, -0.05) is 62.4 Å². The van der Waals surface area contributed by atoms with Crippen LogP contribution in [0.2, 0.25) is 0 Å². The molecule has 0 saturated carbocycles. The van der Waals surface area contributed by atoms with Gasteiger partial charge in [0.1, 0.15) is 16.7 Å². The Balaban J connectivity index is 1.95. The Bertz CT molecular complexity index is 1300. The molecule has 0 bridgehead atoms. The molecular weight excluding hydrogens is 464 g/mol. The molecule has 0 aliphatic rings. The molecule has 0 aliphatic carbocycles. The molecule has 35 heavy (non-hydrogen) atoms. The lowest BCUT2D eigenvalue weighted by Crippen LogP contribution is -2.45. The van der Waals surface area contributed by atoms with Gasteiger partial charge in [-0.3, -0.25) is 9.59 Å². The summed E-state index contributed by atoms with van der Waals surface area (Å²) in [5.41, 5.74) is 2.46. The molecule has 3 rings (SSSR count). The predicted octanol–water partition coefficient (Wildman–Crippen LogP) is 4.55. The Hall–Kier alpha value is -3.49. The minimum atomic E-state index is -4.13. The third-order valence-electron chi connectivity index (χ3n) is 5.58. The first-order valence-corrected chi connectivity index (χ1v) is 12.7. The van der Waals surface area contributed by atoms with E-state index in [1.807, 2.05) is 50.2 Å². The SMILES string of the molecule is COc1ccc(C(C)C)cc1S(=O)(=O)NC(Cc1ccccc1)C(=O)Nc1cccc(C(C)=O)c1. The maximum Gasteiger partial charge on any atom is 0.245 e. The highest BCUT2D eigenvalue weighted by Gasteiger charge is 2.29. The number of methoxy groups -OCH3 is 1. The van der Waals surface area contributed by atoms with Crippen LogP contribution in [0.4, 0.5) is 5.69 Å². The first-order valence-electron chi connectivity index (χ1n) is 11.3. The number of Topliss-reactive ketones (excluding diaryl/α,β-unsaturated/α-hetero) is 1. The van der Waals surface area contributed by atoms with Crippen LogP contribution in [0.25, 0.3) is 0 Å². The molecular formula is C27H30N2O5S. The van der Waals surface area contributed by atoms with Crippen LogP contribution in [0.5, 0.6) is 5.75 Å². The number of carbonyl (C=O) groups is 2. The average Bonchev–Trinajstić information content (AvgIpc) is 2.83. The van der Waals surface area contributed by atoms with Crippen LogP contribution in [-0.2, 0) is 21.2 Å². The van der Waals surface area contributed by atoms with E-state index in [-0.39, 0.29) is 28.8 Å². The van der Waals surface area contributed by atoms with Crippen molar-refractivity contribution in [2.75, 3.05) is 12.4 Å². The van der Waals surface area contributed by atoms with Crippen LogP contribution >= 0.6 is 0 Å². The van der Waals surface area contributed by atoms with Crippen molar-refractivity contribution in [3.63, 3.8) is 0 Å². The molecule has 3 aromatic carbocycles. The number of rotatable bonds is 10. The fourth-order valence-electron chi connectivity index (χ4n) is 3.60. The molecule has 8 heteroatoms. The van der Waals surface area contributed by atoms with Crippen LogP contribution in [0, 0.1) is 0 Å². The minimum Gasteiger partial charge on any atom is -0.495 e. The van der Waals surface area contributed by atoms with E-state index in [0.717, 1.165) is 11.1 Å². The number of carbonyl (C=O) groups excluding carboxylic acids is 2. The second-order valence-electron chi connectivity index (χ2n) is 8.55. The number of anilines is 1. The summed E-state index contributed by atoms with van der Waals surface area (Å²) >= 11 is 0. The van der Waals surface area contributed by atoms with E-state index < -0.39 is 22.0 Å². The summed E-state index contributed by atoms with van der Waals surface area (Å²) in [5.74, 6) is -0.390. The molecule has 1 amide bonds. The quantitative estimate of drug-likeness (QED) is 0.403. The van der Waals surface area contributed by atoms with Crippen molar-refractivity contribution < 1.29 is 22.7 Å². The van der Waals surface area contributed by atoms with Gasteiger partial charge >= 0.3 is 0 Å². The minimum absolute atomic E-state index is 0.0318. The van der Waals surface area contributed by atoms with Gasteiger partial charge in [-0.2, -0.15) is 4.72 Å². The smallest absolute Gasteiger partial charge is 0.245 e. The van der Waals surface area contributed by atoms with Crippen molar-refractivity contribution in [1.82, 2.24) is 4.72 Å². The number of benzene rings is 3. The van der Waals surface area contributed by atoms with Gasteiger partial charge in [-0.25, -0.2) is 8.42 Å². The summed E-state index contributed by atoms with van der Waals surface area (Å²) in [4.78, 5) is 25.0. The Morgan fingerprint density at radius 3 is 2.29 bits per heavy atom. The van der Waals surface area contributed by atoms with Gasteiger partial charge in [0.2, 0.25) is 15.9 Å². The summed E-state index contributed by atoms with van der Waals surface area (Å²) in [6.07, 6.45) is 0.129. The van der Waals surface area contributed by atoms with Gasteiger partial charge in [0, 0.05) is 11.3 Å². The predicted molar refractivity (Wildman–Crippen MR) is 136 cm³/mol. The van der Waals surface area contributed by atoms with E-state index in [9.17, 15) is 18.0 Å². The summed E-state index contributed by atoms with van der Waals surface area (Å²) < 4.78 is 34.8. The van der Waals surface area contributed by atoms with Gasteiger partial charge in [-0.15, -0.1) is 0 Å². The monoisotopic (exact) mass is 494 g/mol. The fraction of sp³-hybridized carbons (Fsp3) is 0.259. The van der Waals surface area contributed by atoms with Crippen molar-refractivity contribution in [2.24, 2.45) is 0 Å². The standard InChI is InChI=1S/C27H30N2O5S/c1-18(2)21-13-14-25(34-4)26(17-21)35(32,33)29-24(15-20-9-6-5-7-10-20)27(31)28-23-12-8-11-22(16-23)19(3)30/h5-14,16-18,24,29H,15H2,1-4H3,(H,28,31). The third kappa shape index (κ3) is 6.77. The molecule has 0 fully saturated rings. The third-order valence-corrected chi connectivity index (χ3v) is 7.07. The van der Waals surface area contributed by atoms with Gasteiger partial charge in [0.05, 0.1) is 7.11 Å². The van der Waals surface area contributed by atoms with Crippen LogP contribution < -0.4 is 14.8 Å².